The molecule has 1 heterocycles. The summed E-state index contributed by atoms with van der Waals surface area (Å²) in [7, 11) is 0. The molecule has 1 aliphatic carbocycles. The summed E-state index contributed by atoms with van der Waals surface area (Å²) in [6.45, 7) is 36.6. The van der Waals surface area contributed by atoms with Gasteiger partial charge in [0.25, 0.3) is 0 Å². The van der Waals surface area contributed by atoms with E-state index in [-0.39, 0.29) is 37.1 Å². The summed E-state index contributed by atoms with van der Waals surface area (Å²) in [4.78, 5) is 0. The van der Waals surface area contributed by atoms with Crippen molar-refractivity contribution in [2.75, 3.05) is 0 Å². The van der Waals surface area contributed by atoms with Crippen molar-refractivity contribution in [2.45, 2.75) is 137 Å². The standard InChI is InChI=1S/C62H64O/c1-27-22-33(7)47-44(23-27)55(45-25-32(6)37(11)60-57(45)54-42(16)50-40(14)38(12)39(13)41(15)51(50)43(17)61(54)63-60)52-35(9)30(4)24-34(8)48(52)56(47)46-26-31(5)36(10)53-49-28(2)20-21-29(3)58(49)62(18,19)59(46)53/h20-26H,1-19H3/i18D,20D,21D,22D,23D,24D,25D,26D. The van der Waals surface area contributed by atoms with Gasteiger partial charge in [0, 0.05) is 23.1 Å². The molecule has 9 aromatic rings. The third kappa shape index (κ3) is 5.17. The molecule has 318 valence electrons. The van der Waals surface area contributed by atoms with Crippen molar-refractivity contribution >= 4 is 54.3 Å². The number of furan rings is 1. The predicted octanol–water partition coefficient (Wildman–Crippen LogP) is 17.9. The van der Waals surface area contributed by atoms with Gasteiger partial charge < -0.3 is 4.42 Å². The summed E-state index contributed by atoms with van der Waals surface area (Å²) >= 11 is 0. The Bertz CT molecular complexity index is 3990. The van der Waals surface area contributed by atoms with Crippen molar-refractivity contribution in [3.8, 4) is 33.4 Å². The maximum absolute atomic E-state index is 10.5. The zero-order chi connectivity index (χ0) is 52.2. The molecule has 0 N–H and O–H groups in total. The molecule has 1 atom stereocenters. The van der Waals surface area contributed by atoms with E-state index in [0.717, 1.165) is 93.9 Å². The van der Waals surface area contributed by atoms with E-state index in [9.17, 15) is 8.22 Å². The molecule has 0 amide bonds. The van der Waals surface area contributed by atoms with Crippen molar-refractivity contribution in [3.05, 3.63) is 148 Å². The van der Waals surface area contributed by atoms with Crippen LogP contribution in [0.1, 0.15) is 130 Å². The van der Waals surface area contributed by atoms with Gasteiger partial charge in [-0.3, -0.25) is 0 Å². The van der Waals surface area contributed by atoms with E-state index in [2.05, 4.69) is 41.5 Å². The molecule has 10 rings (SSSR count). The van der Waals surface area contributed by atoms with Gasteiger partial charge in [-0.25, -0.2) is 0 Å². The second-order valence-electron chi connectivity index (χ2n) is 19.6. The van der Waals surface area contributed by atoms with E-state index in [1.807, 2.05) is 83.1 Å². The highest BCUT2D eigenvalue weighted by Crippen LogP contribution is 2.59. The Morgan fingerprint density at radius 2 is 0.952 bits per heavy atom. The molecule has 0 saturated heterocycles. The largest absolute Gasteiger partial charge is 0.455 e. The maximum atomic E-state index is 10.5. The van der Waals surface area contributed by atoms with Gasteiger partial charge in [-0.05, 0) is 278 Å². The molecule has 0 radical (unpaired) electrons. The monoisotopic (exact) mass is 833 g/mol. The first-order valence-corrected chi connectivity index (χ1v) is 22.5. The van der Waals surface area contributed by atoms with Crippen LogP contribution in [0.3, 0.4) is 0 Å². The van der Waals surface area contributed by atoms with E-state index in [0.29, 0.717) is 78.5 Å². The highest BCUT2D eigenvalue weighted by Gasteiger charge is 2.42. The molecule has 0 aliphatic heterocycles. The van der Waals surface area contributed by atoms with E-state index in [1.165, 1.54) is 33.0 Å². The molecular weight excluding hydrogens is 761 g/mol. The average molecular weight is 833 g/mol. The molecule has 0 fully saturated rings. The lowest BCUT2D eigenvalue weighted by Gasteiger charge is -2.30. The highest BCUT2D eigenvalue weighted by molar-refractivity contribution is 6.29. The molecule has 8 aromatic carbocycles. The summed E-state index contributed by atoms with van der Waals surface area (Å²) in [6.07, 6.45) is 0. The van der Waals surface area contributed by atoms with Crippen molar-refractivity contribution in [2.24, 2.45) is 0 Å². The second-order valence-corrected chi connectivity index (χ2v) is 19.6. The van der Waals surface area contributed by atoms with Crippen LogP contribution in [0.25, 0.3) is 87.6 Å². The smallest absolute Gasteiger partial charge is 0.139 e. The molecule has 1 aliphatic rings. The Kier molecular flexibility index (Phi) is 7.02. The molecule has 1 aromatic heterocycles. The van der Waals surface area contributed by atoms with Crippen LogP contribution in [0.5, 0.6) is 0 Å². The third-order valence-corrected chi connectivity index (χ3v) is 15.8. The Hall–Kier alpha value is -5.66. The van der Waals surface area contributed by atoms with Crippen molar-refractivity contribution in [1.29, 1.82) is 0 Å². The first kappa shape index (κ1) is 32.9. The fourth-order valence-corrected chi connectivity index (χ4v) is 12.1. The van der Waals surface area contributed by atoms with Crippen LogP contribution in [0.2, 0.25) is 0 Å². The van der Waals surface area contributed by atoms with Crippen LogP contribution in [0.4, 0.5) is 0 Å². The SMILES string of the molecule is [2H]CC1(C)c2c(C)c([2H])c([2H])c(C)c2-c2c(C)c(C)c([2H])c(-c3c4c(C)c([2H])c(C)c([2H])c4c(-c4c([2H])c(C)c(C)c5oc6c(C)c7c(C)c(C)c(C)c(C)c7c(C)c6c45)c4c(C)c(C)c([2H])c(C)c34)c21. The molecular formula is C62H64O. The lowest BCUT2D eigenvalue weighted by Crippen LogP contribution is -2.18. The Labute approximate surface area is 386 Å². The molecule has 63 heavy (non-hydrogen) atoms. The van der Waals surface area contributed by atoms with Gasteiger partial charge in [0.1, 0.15) is 11.2 Å². The normalized spacial score (nSPS) is 16.7. The summed E-state index contributed by atoms with van der Waals surface area (Å²) in [5.41, 5.74) is 21.3. The minimum absolute atomic E-state index is 0.0960. The number of rotatable bonds is 2. The van der Waals surface area contributed by atoms with Crippen LogP contribution in [-0.4, -0.2) is 0 Å². The summed E-state index contributed by atoms with van der Waals surface area (Å²) in [5.74, 6) is 0. The third-order valence-electron chi connectivity index (χ3n) is 15.8. The Balaban J connectivity index is 1.57. The van der Waals surface area contributed by atoms with Crippen LogP contribution >= 0.6 is 0 Å². The van der Waals surface area contributed by atoms with Crippen molar-refractivity contribution in [1.82, 2.24) is 0 Å². The van der Waals surface area contributed by atoms with Crippen molar-refractivity contribution in [3.63, 3.8) is 0 Å². The summed E-state index contributed by atoms with van der Waals surface area (Å²) in [5, 5.41) is 6.80. The lowest BCUT2D eigenvalue weighted by atomic mass is 9.73. The highest BCUT2D eigenvalue weighted by atomic mass is 16.3. The molecule has 0 saturated carbocycles. The van der Waals surface area contributed by atoms with Crippen LogP contribution in [0, 0.1) is 118 Å². The topological polar surface area (TPSA) is 13.1 Å². The molecule has 1 unspecified atom stereocenters. The number of aryl methyl sites for hydroxylation is 8. The average Bonchev–Trinajstić information content (AvgIpc) is 3.88. The van der Waals surface area contributed by atoms with E-state index >= 15 is 0 Å². The number of hydrogen-bond acceptors (Lipinski definition) is 1. The van der Waals surface area contributed by atoms with Gasteiger partial charge >= 0.3 is 0 Å². The quantitative estimate of drug-likeness (QED) is 0.158. The fraction of sp³-hybridized carbons (Fsp3) is 0.323. The van der Waals surface area contributed by atoms with Gasteiger partial charge in [0.05, 0.1) is 9.60 Å². The van der Waals surface area contributed by atoms with Crippen molar-refractivity contribution < 1.29 is 15.4 Å². The van der Waals surface area contributed by atoms with Crippen LogP contribution < -0.4 is 0 Å². The number of hydrogen-bond donors (Lipinski definition) is 0. The van der Waals surface area contributed by atoms with Gasteiger partial charge in [-0.1, -0.05) is 61.7 Å². The Morgan fingerprint density at radius 1 is 0.381 bits per heavy atom. The first-order chi connectivity index (χ1) is 33.1. The van der Waals surface area contributed by atoms with Crippen LogP contribution in [0.15, 0.2) is 46.7 Å². The Morgan fingerprint density at radius 3 is 1.62 bits per heavy atom. The molecule has 1 nitrogen and oxygen atoms in total. The molecule has 1 heteroatoms. The zero-order valence-electron chi connectivity index (χ0n) is 48.6. The minimum atomic E-state index is -1.02. The number of fused-ring (bicyclic) bond motifs is 9. The van der Waals surface area contributed by atoms with Gasteiger partial charge in [-0.15, -0.1) is 0 Å². The van der Waals surface area contributed by atoms with Crippen LogP contribution in [-0.2, 0) is 5.41 Å². The van der Waals surface area contributed by atoms with Gasteiger partial charge in [0.15, 0.2) is 0 Å². The maximum Gasteiger partial charge on any atom is 0.139 e. The van der Waals surface area contributed by atoms with Gasteiger partial charge in [0.2, 0.25) is 0 Å². The van der Waals surface area contributed by atoms with E-state index < -0.39 is 5.41 Å². The first-order valence-electron chi connectivity index (χ1n) is 26.7. The lowest BCUT2D eigenvalue weighted by molar-refractivity contribution is 0.657. The summed E-state index contributed by atoms with van der Waals surface area (Å²) < 4.78 is 85.9. The second kappa shape index (κ2) is 13.4. The van der Waals surface area contributed by atoms with E-state index in [1.54, 1.807) is 0 Å². The zero-order valence-corrected chi connectivity index (χ0v) is 40.6. The van der Waals surface area contributed by atoms with Gasteiger partial charge in [-0.2, -0.15) is 0 Å². The molecule has 0 spiro atoms. The summed E-state index contributed by atoms with van der Waals surface area (Å²) in [6, 6.07) is 1.59. The number of benzene rings is 8. The predicted molar refractivity (Wildman–Crippen MR) is 275 cm³/mol. The molecule has 0 bridgehead atoms. The van der Waals surface area contributed by atoms with E-state index in [4.69, 9.17) is 7.16 Å². The fourth-order valence-electron chi connectivity index (χ4n) is 12.1. The minimum Gasteiger partial charge on any atom is -0.455 e.